The molecule has 0 aromatic heterocycles. The van der Waals surface area contributed by atoms with Crippen molar-refractivity contribution in [2.75, 3.05) is 13.6 Å². The van der Waals surface area contributed by atoms with Crippen LogP contribution in [0, 0.1) is 0 Å². The Kier molecular flexibility index (Phi) is 6.19. The minimum atomic E-state index is -3.30. The molecule has 5 nitrogen and oxygen atoms in total. The first-order valence-corrected chi connectivity index (χ1v) is 9.92. The maximum atomic E-state index is 12.2. The van der Waals surface area contributed by atoms with Gasteiger partial charge in [-0.15, -0.1) is 0 Å². The van der Waals surface area contributed by atoms with Crippen molar-refractivity contribution in [1.29, 1.82) is 0 Å². The van der Waals surface area contributed by atoms with Crippen molar-refractivity contribution in [3.8, 4) is 0 Å². The number of sulfonamides is 1. The van der Waals surface area contributed by atoms with Crippen LogP contribution in [0.25, 0.3) is 0 Å². The van der Waals surface area contributed by atoms with Crippen molar-refractivity contribution >= 4 is 10.0 Å². The smallest absolute Gasteiger partial charge is 0.216 e. The van der Waals surface area contributed by atoms with E-state index in [0.717, 1.165) is 24.1 Å². The molecule has 0 bridgehead atoms. The summed E-state index contributed by atoms with van der Waals surface area (Å²) in [6.45, 7) is 7.65. The fourth-order valence-corrected chi connectivity index (χ4v) is 4.56. The molecule has 23 heavy (non-hydrogen) atoms. The normalized spacial score (nSPS) is 22.8. The van der Waals surface area contributed by atoms with Gasteiger partial charge in [0.05, 0.1) is 5.75 Å². The Hall–Kier alpha value is -0.950. The Morgan fingerprint density at radius 3 is 2.48 bits per heavy atom. The van der Waals surface area contributed by atoms with Gasteiger partial charge in [0.15, 0.2) is 0 Å². The lowest BCUT2D eigenvalue weighted by atomic mass is 10.1. The molecular weight excluding hydrogens is 310 g/mol. The van der Waals surface area contributed by atoms with E-state index >= 15 is 0 Å². The molecule has 0 aliphatic carbocycles. The van der Waals surface area contributed by atoms with Gasteiger partial charge in [-0.1, -0.05) is 24.3 Å². The van der Waals surface area contributed by atoms with E-state index in [2.05, 4.69) is 28.9 Å². The minimum absolute atomic E-state index is 0.0318. The number of hydrogen-bond donors (Lipinski definition) is 2. The Morgan fingerprint density at radius 1 is 1.26 bits per heavy atom. The summed E-state index contributed by atoms with van der Waals surface area (Å²) in [6, 6.07) is 8.75. The predicted octanol–water partition coefficient (Wildman–Crippen LogP) is 1.70. The molecule has 6 heteroatoms. The third kappa shape index (κ3) is 5.57. The highest BCUT2D eigenvalue weighted by atomic mass is 32.2. The number of hydrogen-bond acceptors (Lipinski definition) is 4. The van der Waals surface area contributed by atoms with Crippen molar-refractivity contribution in [3.63, 3.8) is 0 Å². The van der Waals surface area contributed by atoms with Gasteiger partial charge in [0.2, 0.25) is 10.0 Å². The van der Waals surface area contributed by atoms with Crippen LogP contribution in [0.3, 0.4) is 0 Å². The molecule has 2 rings (SSSR count). The molecule has 0 radical (unpaired) electrons. The third-order valence-corrected chi connectivity index (χ3v) is 5.87. The molecule has 0 amide bonds. The molecule has 1 aromatic carbocycles. The molecular formula is C17H29N3O2S. The lowest BCUT2D eigenvalue weighted by molar-refractivity contribution is 0.326. The van der Waals surface area contributed by atoms with Crippen molar-refractivity contribution in [3.05, 3.63) is 35.4 Å². The van der Waals surface area contributed by atoms with Gasteiger partial charge in [0, 0.05) is 31.2 Å². The topological polar surface area (TPSA) is 61.4 Å². The largest absolute Gasteiger partial charge is 0.309 e. The van der Waals surface area contributed by atoms with Crippen molar-refractivity contribution in [1.82, 2.24) is 14.9 Å². The van der Waals surface area contributed by atoms with Crippen LogP contribution >= 0.6 is 0 Å². The van der Waals surface area contributed by atoms with E-state index in [1.54, 1.807) is 0 Å². The van der Waals surface area contributed by atoms with Crippen molar-refractivity contribution in [2.24, 2.45) is 0 Å². The minimum Gasteiger partial charge on any atom is -0.309 e. The van der Waals surface area contributed by atoms with Crippen LogP contribution in [0.15, 0.2) is 24.3 Å². The van der Waals surface area contributed by atoms with Gasteiger partial charge >= 0.3 is 0 Å². The average molecular weight is 340 g/mol. The molecule has 2 N–H and O–H groups in total. The Balaban J connectivity index is 2.00. The lowest BCUT2D eigenvalue weighted by Crippen LogP contribution is -2.33. The summed E-state index contributed by atoms with van der Waals surface area (Å²) in [6.07, 6.45) is 1.13. The zero-order chi connectivity index (χ0) is 17.0. The van der Waals surface area contributed by atoms with Gasteiger partial charge in [0.25, 0.3) is 0 Å². The molecule has 130 valence electrons. The van der Waals surface area contributed by atoms with E-state index in [0.29, 0.717) is 18.6 Å². The zero-order valence-corrected chi connectivity index (χ0v) is 15.4. The van der Waals surface area contributed by atoms with Crippen LogP contribution in [0.1, 0.15) is 38.3 Å². The van der Waals surface area contributed by atoms with Crippen LogP contribution < -0.4 is 10.0 Å². The molecule has 1 heterocycles. The molecule has 0 saturated carbocycles. The second-order valence-corrected chi connectivity index (χ2v) is 8.66. The molecule has 0 spiro atoms. The van der Waals surface area contributed by atoms with E-state index < -0.39 is 10.0 Å². The number of nitrogens with one attached hydrogen (secondary N) is 2. The van der Waals surface area contributed by atoms with Gasteiger partial charge in [-0.25, -0.2) is 13.1 Å². The second-order valence-electron chi connectivity index (χ2n) is 6.90. The van der Waals surface area contributed by atoms with Gasteiger partial charge in [-0.05, 0) is 45.4 Å². The summed E-state index contributed by atoms with van der Waals surface area (Å²) >= 11 is 0. The summed E-state index contributed by atoms with van der Waals surface area (Å²) < 4.78 is 27.0. The SMILES string of the molecule is CC(C)NS(=O)(=O)Cc1ccccc1CNC1CC(C)N(C)C1. The molecule has 1 fully saturated rings. The van der Waals surface area contributed by atoms with Gasteiger partial charge < -0.3 is 10.2 Å². The van der Waals surface area contributed by atoms with Crippen LogP contribution in [-0.2, 0) is 22.3 Å². The number of nitrogens with zero attached hydrogens (tertiary/aromatic N) is 1. The standard InChI is InChI=1S/C17H29N3O2S/c1-13(2)19-23(21,22)12-16-8-6-5-7-15(16)10-18-17-9-14(3)20(4)11-17/h5-8,13-14,17-19H,9-12H2,1-4H3. The van der Waals surface area contributed by atoms with E-state index in [1.165, 1.54) is 0 Å². The van der Waals surface area contributed by atoms with Crippen LogP contribution in [0.5, 0.6) is 0 Å². The lowest BCUT2D eigenvalue weighted by Gasteiger charge is -2.16. The summed E-state index contributed by atoms with van der Waals surface area (Å²) in [7, 11) is -1.15. The van der Waals surface area contributed by atoms with Crippen LogP contribution in [0.2, 0.25) is 0 Å². The molecule has 2 unspecified atom stereocenters. The summed E-state index contributed by atoms with van der Waals surface area (Å²) in [5.74, 6) is 0.0318. The maximum Gasteiger partial charge on any atom is 0.216 e. The second kappa shape index (κ2) is 7.75. The van der Waals surface area contributed by atoms with Crippen LogP contribution in [-0.4, -0.2) is 45.0 Å². The van der Waals surface area contributed by atoms with Gasteiger partial charge in [0.1, 0.15) is 0 Å². The monoisotopic (exact) mass is 339 g/mol. The summed E-state index contributed by atoms with van der Waals surface area (Å²) in [5, 5.41) is 3.57. The van der Waals surface area contributed by atoms with Gasteiger partial charge in [-0.2, -0.15) is 0 Å². The Labute approximate surface area is 140 Å². The number of likely N-dealkylation sites (N-methyl/N-ethyl adjacent to an activating group) is 1. The van der Waals surface area contributed by atoms with E-state index in [1.807, 2.05) is 38.1 Å². The molecule has 1 aliphatic rings. The first-order valence-electron chi connectivity index (χ1n) is 8.27. The predicted molar refractivity (Wildman–Crippen MR) is 94.7 cm³/mol. The number of rotatable bonds is 7. The molecule has 1 aliphatic heterocycles. The third-order valence-electron chi connectivity index (χ3n) is 4.35. The number of likely N-dealkylation sites (tertiary alicyclic amines) is 1. The summed E-state index contributed by atoms with van der Waals surface area (Å²) in [4.78, 5) is 2.35. The Bertz CT molecular complexity index is 606. The van der Waals surface area contributed by atoms with Crippen molar-refractivity contribution < 1.29 is 8.42 Å². The average Bonchev–Trinajstić information content (AvgIpc) is 2.75. The van der Waals surface area contributed by atoms with Gasteiger partial charge in [-0.3, -0.25) is 0 Å². The molecule has 1 aromatic rings. The fourth-order valence-electron chi connectivity index (χ4n) is 3.07. The Morgan fingerprint density at radius 2 is 1.91 bits per heavy atom. The summed E-state index contributed by atoms with van der Waals surface area (Å²) in [5.41, 5.74) is 1.93. The van der Waals surface area contributed by atoms with E-state index in [-0.39, 0.29) is 11.8 Å². The van der Waals surface area contributed by atoms with Crippen molar-refractivity contribution in [2.45, 2.75) is 57.6 Å². The first-order chi connectivity index (χ1) is 10.8. The highest BCUT2D eigenvalue weighted by molar-refractivity contribution is 7.88. The highest BCUT2D eigenvalue weighted by Crippen LogP contribution is 2.17. The van der Waals surface area contributed by atoms with Crippen LogP contribution in [0.4, 0.5) is 0 Å². The quantitative estimate of drug-likeness (QED) is 0.794. The fraction of sp³-hybridized carbons (Fsp3) is 0.647. The maximum absolute atomic E-state index is 12.2. The molecule has 2 atom stereocenters. The highest BCUT2D eigenvalue weighted by Gasteiger charge is 2.25. The number of benzene rings is 1. The zero-order valence-electron chi connectivity index (χ0n) is 14.5. The van der Waals surface area contributed by atoms with E-state index in [9.17, 15) is 8.42 Å². The molecule has 1 saturated heterocycles. The van der Waals surface area contributed by atoms with E-state index in [4.69, 9.17) is 0 Å². The first kappa shape index (κ1) is 18.4.